The van der Waals surface area contributed by atoms with Crippen molar-refractivity contribution in [3.8, 4) is 11.3 Å². The highest BCUT2D eigenvalue weighted by molar-refractivity contribution is 7.98. The smallest absolute Gasteiger partial charge is 0.359 e. The first-order valence-corrected chi connectivity index (χ1v) is 10.3. The van der Waals surface area contributed by atoms with Crippen molar-refractivity contribution in [3.05, 3.63) is 35.5 Å². The van der Waals surface area contributed by atoms with Crippen molar-refractivity contribution in [1.29, 1.82) is 0 Å². The number of aliphatic carboxylic acids is 1. The predicted octanol–water partition coefficient (Wildman–Crippen LogP) is 4.15. The number of esters is 1. The molecule has 1 aliphatic heterocycles. The first-order valence-electron chi connectivity index (χ1n) is 9.33. The van der Waals surface area contributed by atoms with E-state index in [1.54, 1.807) is 18.7 Å². The number of fused-ring (bicyclic) bond motifs is 3. The first kappa shape index (κ1) is 18.1. The van der Waals surface area contributed by atoms with Crippen LogP contribution in [0, 0.1) is 5.92 Å². The molecule has 2 aliphatic rings. The molecule has 4 rings (SSSR count). The standard InChI is InChI=1S/C20H22N2O4S/c1-2-26-20(25)17-15-11-27-16-9-4-3-8-14(16)18(15)22(21-17)13-7-5-6-12(10-13)19(23)24/h3-4,8-9,12-13H,2,5-7,10-11H2,1H3,(H,23,24). The van der Waals surface area contributed by atoms with E-state index in [2.05, 4.69) is 11.2 Å². The fourth-order valence-corrected chi connectivity index (χ4v) is 5.14. The van der Waals surface area contributed by atoms with Crippen LogP contribution in [-0.4, -0.2) is 33.4 Å². The minimum absolute atomic E-state index is 0.0204. The molecule has 27 heavy (non-hydrogen) atoms. The maximum atomic E-state index is 12.5. The third-order valence-corrected chi connectivity index (χ3v) is 6.43. The Morgan fingerprint density at radius 2 is 2.15 bits per heavy atom. The Morgan fingerprint density at radius 1 is 1.33 bits per heavy atom. The summed E-state index contributed by atoms with van der Waals surface area (Å²) in [6.07, 6.45) is 2.96. The molecule has 1 fully saturated rings. The highest BCUT2D eigenvalue weighted by Crippen LogP contribution is 2.45. The van der Waals surface area contributed by atoms with Crippen molar-refractivity contribution >= 4 is 23.7 Å². The van der Waals surface area contributed by atoms with Crippen LogP contribution in [0.4, 0.5) is 0 Å². The maximum Gasteiger partial charge on any atom is 0.359 e. The Hall–Kier alpha value is -2.28. The van der Waals surface area contributed by atoms with Crippen molar-refractivity contribution in [1.82, 2.24) is 9.78 Å². The van der Waals surface area contributed by atoms with E-state index in [0.717, 1.165) is 34.6 Å². The Morgan fingerprint density at radius 3 is 2.93 bits per heavy atom. The number of thioether (sulfide) groups is 1. The predicted molar refractivity (Wildman–Crippen MR) is 102 cm³/mol. The summed E-state index contributed by atoms with van der Waals surface area (Å²) in [5.74, 6) is -0.849. The number of hydrogen-bond donors (Lipinski definition) is 1. The van der Waals surface area contributed by atoms with Crippen molar-refractivity contribution in [2.45, 2.75) is 49.3 Å². The van der Waals surface area contributed by atoms with E-state index in [4.69, 9.17) is 4.74 Å². The van der Waals surface area contributed by atoms with Crippen LogP contribution in [0.2, 0.25) is 0 Å². The van der Waals surface area contributed by atoms with E-state index in [1.165, 1.54) is 0 Å². The van der Waals surface area contributed by atoms with E-state index < -0.39 is 11.9 Å². The Labute approximate surface area is 161 Å². The normalized spacial score (nSPS) is 21.2. The van der Waals surface area contributed by atoms with Gasteiger partial charge in [-0.15, -0.1) is 11.8 Å². The lowest BCUT2D eigenvalue weighted by Gasteiger charge is -2.29. The molecule has 1 N–H and O–H groups in total. The zero-order valence-corrected chi connectivity index (χ0v) is 16.0. The lowest BCUT2D eigenvalue weighted by molar-refractivity contribution is -0.143. The molecule has 2 heterocycles. The lowest BCUT2D eigenvalue weighted by atomic mass is 9.85. The second-order valence-corrected chi connectivity index (χ2v) is 8.00. The molecule has 1 aromatic heterocycles. The summed E-state index contributed by atoms with van der Waals surface area (Å²) in [5.41, 5.74) is 3.27. The average molecular weight is 386 g/mol. The molecule has 0 spiro atoms. The molecule has 142 valence electrons. The van der Waals surface area contributed by atoms with Crippen molar-refractivity contribution in [2.24, 2.45) is 5.92 Å². The van der Waals surface area contributed by atoms with Gasteiger partial charge in [-0.1, -0.05) is 24.6 Å². The number of aromatic nitrogens is 2. The van der Waals surface area contributed by atoms with Gasteiger partial charge in [0, 0.05) is 21.8 Å². The van der Waals surface area contributed by atoms with E-state index in [-0.39, 0.29) is 12.0 Å². The Bertz CT molecular complexity index is 892. The summed E-state index contributed by atoms with van der Waals surface area (Å²) in [6, 6.07) is 8.09. The van der Waals surface area contributed by atoms with Gasteiger partial charge in [-0.3, -0.25) is 9.48 Å². The van der Waals surface area contributed by atoms with Gasteiger partial charge in [0.05, 0.1) is 24.3 Å². The minimum Gasteiger partial charge on any atom is -0.481 e. The maximum absolute atomic E-state index is 12.5. The van der Waals surface area contributed by atoms with E-state index in [9.17, 15) is 14.7 Å². The van der Waals surface area contributed by atoms with Crippen LogP contribution in [0.15, 0.2) is 29.2 Å². The summed E-state index contributed by atoms with van der Waals surface area (Å²) in [4.78, 5) is 25.2. The van der Waals surface area contributed by atoms with Crippen molar-refractivity contribution in [2.75, 3.05) is 6.61 Å². The molecule has 6 nitrogen and oxygen atoms in total. The number of ether oxygens (including phenoxy) is 1. The fourth-order valence-electron chi connectivity index (χ4n) is 4.07. The largest absolute Gasteiger partial charge is 0.481 e. The summed E-state index contributed by atoms with van der Waals surface area (Å²) in [5, 5.41) is 14.1. The number of carbonyl (C=O) groups is 2. The van der Waals surface area contributed by atoms with Crippen molar-refractivity contribution < 1.29 is 19.4 Å². The topological polar surface area (TPSA) is 81.4 Å². The van der Waals surface area contributed by atoms with Crippen LogP contribution < -0.4 is 0 Å². The molecular weight excluding hydrogens is 364 g/mol. The molecule has 1 saturated carbocycles. The molecule has 0 radical (unpaired) electrons. The third-order valence-electron chi connectivity index (χ3n) is 5.33. The van der Waals surface area contributed by atoms with Gasteiger partial charge in [0.1, 0.15) is 0 Å². The summed E-state index contributed by atoms with van der Waals surface area (Å²) >= 11 is 1.69. The number of nitrogens with zero attached hydrogens (tertiary/aromatic N) is 2. The van der Waals surface area contributed by atoms with Crippen molar-refractivity contribution in [3.63, 3.8) is 0 Å². The summed E-state index contributed by atoms with van der Waals surface area (Å²) < 4.78 is 7.14. The quantitative estimate of drug-likeness (QED) is 0.795. The summed E-state index contributed by atoms with van der Waals surface area (Å²) in [7, 11) is 0. The fraction of sp³-hybridized carbons (Fsp3) is 0.450. The lowest BCUT2D eigenvalue weighted by Crippen LogP contribution is -2.26. The minimum atomic E-state index is -0.748. The van der Waals surface area contributed by atoms with Gasteiger partial charge < -0.3 is 9.84 Å². The molecular formula is C20H22N2O4S. The highest BCUT2D eigenvalue weighted by atomic mass is 32.2. The molecule has 2 unspecified atom stereocenters. The van der Waals surface area contributed by atoms with E-state index >= 15 is 0 Å². The van der Waals surface area contributed by atoms with Crippen LogP contribution in [0.3, 0.4) is 0 Å². The van der Waals surface area contributed by atoms with Gasteiger partial charge in [0.25, 0.3) is 0 Å². The number of rotatable bonds is 4. The monoisotopic (exact) mass is 386 g/mol. The van der Waals surface area contributed by atoms with Gasteiger partial charge in [-0.05, 0) is 32.3 Å². The highest BCUT2D eigenvalue weighted by Gasteiger charge is 2.35. The van der Waals surface area contributed by atoms with Gasteiger partial charge in [0.2, 0.25) is 0 Å². The van der Waals surface area contributed by atoms with E-state index in [1.807, 2.05) is 22.9 Å². The molecule has 1 aliphatic carbocycles. The zero-order chi connectivity index (χ0) is 19.0. The van der Waals surface area contributed by atoms with Crippen LogP contribution in [0.5, 0.6) is 0 Å². The first-order chi connectivity index (χ1) is 13.1. The summed E-state index contributed by atoms with van der Waals surface area (Å²) in [6.45, 7) is 2.08. The second-order valence-electron chi connectivity index (χ2n) is 6.98. The Kier molecular flexibility index (Phi) is 4.95. The third kappa shape index (κ3) is 3.25. The molecule has 7 heteroatoms. The molecule has 2 atom stereocenters. The number of carboxylic acids is 1. The average Bonchev–Trinajstić information content (AvgIpc) is 3.08. The molecule has 0 amide bonds. The molecule has 1 aromatic carbocycles. The van der Waals surface area contributed by atoms with Crippen LogP contribution in [0.25, 0.3) is 11.3 Å². The number of carboxylic acid groups (broad SMARTS) is 1. The van der Waals surface area contributed by atoms with Crippen LogP contribution in [0.1, 0.15) is 54.7 Å². The van der Waals surface area contributed by atoms with Crippen LogP contribution in [-0.2, 0) is 15.3 Å². The van der Waals surface area contributed by atoms with Crippen LogP contribution >= 0.6 is 11.8 Å². The zero-order valence-electron chi connectivity index (χ0n) is 15.2. The number of benzene rings is 1. The van der Waals surface area contributed by atoms with Gasteiger partial charge in [-0.25, -0.2) is 4.79 Å². The SMILES string of the molecule is CCOC(=O)c1nn(C2CCCC(C(=O)O)C2)c2c1CSc1ccccc1-2. The number of hydrogen-bond acceptors (Lipinski definition) is 5. The number of carbonyl (C=O) groups excluding carboxylic acids is 1. The Balaban J connectivity index is 1.82. The van der Waals surface area contributed by atoms with Gasteiger partial charge in [0.15, 0.2) is 5.69 Å². The molecule has 2 aromatic rings. The van der Waals surface area contributed by atoms with E-state index in [0.29, 0.717) is 30.9 Å². The van der Waals surface area contributed by atoms with Gasteiger partial charge >= 0.3 is 11.9 Å². The second kappa shape index (κ2) is 7.38. The van der Waals surface area contributed by atoms with Gasteiger partial charge in [-0.2, -0.15) is 5.10 Å². The molecule has 0 saturated heterocycles. The molecule has 0 bridgehead atoms.